The topological polar surface area (TPSA) is 57.2 Å². The van der Waals surface area contributed by atoms with Gasteiger partial charge in [0.2, 0.25) is 0 Å². The minimum absolute atomic E-state index is 0.123. The predicted octanol–water partition coefficient (Wildman–Crippen LogP) is 2.70. The van der Waals surface area contributed by atoms with Crippen LogP contribution < -0.4 is 16.0 Å². The molecule has 1 heterocycles. The standard InChI is InChI=1S/C17H18N2O2S/c1-2-21-15-7-5-13(6-8-15)3-4-14-9-10-19(12-16(18)22)17(20)11-14/h3-11H,2,12H2,1H3,(H2,18,22)/b4-3+. The van der Waals surface area contributed by atoms with E-state index in [2.05, 4.69) is 0 Å². The van der Waals surface area contributed by atoms with Crippen LogP contribution in [0, 0.1) is 0 Å². The number of thiocarbonyl (C=S) groups is 1. The van der Waals surface area contributed by atoms with E-state index in [1.165, 1.54) is 4.57 Å². The smallest absolute Gasteiger partial charge is 0.251 e. The van der Waals surface area contributed by atoms with E-state index in [1.54, 1.807) is 12.3 Å². The first-order valence-electron chi connectivity index (χ1n) is 6.98. The van der Waals surface area contributed by atoms with Crippen LogP contribution in [0.2, 0.25) is 0 Å². The van der Waals surface area contributed by atoms with Crippen LogP contribution in [0.15, 0.2) is 47.4 Å². The molecule has 0 saturated heterocycles. The van der Waals surface area contributed by atoms with Crippen LogP contribution in [0.4, 0.5) is 0 Å². The van der Waals surface area contributed by atoms with E-state index in [0.717, 1.165) is 16.9 Å². The van der Waals surface area contributed by atoms with Crippen LogP contribution in [-0.2, 0) is 6.54 Å². The maximum Gasteiger partial charge on any atom is 0.251 e. The van der Waals surface area contributed by atoms with Crippen molar-refractivity contribution in [3.8, 4) is 5.75 Å². The number of ether oxygens (including phenoxy) is 1. The number of hydrogen-bond donors (Lipinski definition) is 1. The Morgan fingerprint density at radius 1 is 1.23 bits per heavy atom. The zero-order chi connectivity index (χ0) is 15.9. The SMILES string of the molecule is CCOc1ccc(/C=C/c2ccn(CC(N)=S)c(=O)c2)cc1. The van der Waals surface area contributed by atoms with Crippen molar-refractivity contribution in [2.24, 2.45) is 5.73 Å². The lowest BCUT2D eigenvalue weighted by atomic mass is 10.1. The number of aromatic nitrogens is 1. The van der Waals surface area contributed by atoms with Crippen LogP contribution in [0.3, 0.4) is 0 Å². The highest BCUT2D eigenvalue weighted by Crippen LogP contribution is 2.14. The van der Waals surface area contributed by atoms with Gasteiger partial charge in [0.25, 0.3) is 5.56 Å². The molecular weight excluding hydrogens is 296 g/mol. The van der Waals surface area contributed by atoms with Gasteiger partial charge in [0.05, 0.1) is 18.1 Å². The van der Waals surface area contributed by atoms with Gasteiger partial charge in [0, 0.05) is 12.3 Å². The molecule has 0 spiro atoms. The van der Waals surface area contributed by atoms with Gasteiger partial charge < -0.3 is 15.0 Å². The van der Waals surface area contributed by atoms with Gasteiger partial charge in [-0.05, 0) is 36.2 Å². The molecule has 0 atom stereocenters. The number of benzene rings is 1. The highest BCUT2D eigenvalue weighted by Gasteiger charge is 1.98. The number of nitrogens with zero attached hydrogens (tertiary/aromatic N) is 1. The third-order valence-corrected chi connectivity index (χ3v) is 3.13. The summed E-state index contributed by atoms with van der Waals surface area (Å²) >= 11 is 4.81. The summed E-state index contributed by atoms with van der Waals surface area (Å²) in [5.74, 6) is 0.847. The third kappa shape index (κ3) is 4.56. The molecule has 0 aliphatic rings. The molecule has 4 nitrogen and oxygen atoms in total. The molecule has 114 valence electrons. The summed E-state index contributed by atoms with van der Waals surface area (Å²) in [5.41, 5.74) is 7.19. The fourth-order valence-electron chi connectivity index (χ4n) is 1.96. The van der Waals surface area contributed by atoms with Gasteiger partial charge >= 0.3 is 0 Å². The Balaban J connectivity index is 2.11. The van der Waals surface area contributed by atoms with Gasteiger partial charge in [-0.25, -0.2) is 0 Å². The van der Waals surface area contributed by atoms with Crippen molar-refractivity contribution in [2.45, 2.75) is 13.5 Å². The summed E-state index contributed by atoms with van der Waals surface area (Å²) in [4.78, 5) is 12.2. The molecular formula is C17H18N2O2S. The second-order valence-corrected chi connectivity index (χ2v) is 5.25. The van der Waals surface area contributed by atoms with Crippen LogP contribution in [0.25, 0.3) is 12.2 Å². The maximum absolute atomic E-state index is 11.9. The molecule has 2 aromatic rings. The number of pyridine rings is 1. The Hall–Kier alpha value is -2.40. The molecule has 0 bridgehead atoms. The Morgan fingerprint density at radius 2 is 1.91 bits per heavy atom. The number of rotatable bonds is 6. The minimum atomic E-state index is -0.123. The van der Waals surface area contributed by atoms with E-state index in [1.807, 2.05) is 49.4 Å². The van der Waals surface area contributed by atoms with Crippen LogP contribution >= 0.6 is 12.2 Å². The van der Waals surface area contributed by atoms with Crippen LogP contribution in [-0.4, -0.2) is 16.2 Å². The van der Waals surface area contributed by atoms with E-state index in [9.17, 15) is 4.79 Å². The molecule has 0 saturated carbocycles. The molecule has 22 heavy (non-hydrogen) atoms. The van der Waals surface area contributed by atoms with Gasteiger partial charge in [-0.15, -0.1) is 0 Å². The second-order valence-electron chi connectivity index (χ2n) is 4.73. The largest absolute Gasteiger partial charge is 0.494 e. The van der Waals surface area contributed by atoms with Gasteiger partial charge in [-0.3, -0.25) is 4.79 Å². The summed E-state index contributed by atoms with van der Waals surface area (Å²) in [5, 5.41) is 0. The molecule has 5 heteroatoms. The summed E-state index contributed by atoms with van der Waals surface area (Å²) in [6, 6.07) is 11.2. The van der Waals surface area contributed by atoms with Gasteiger partial charge in [-0.2, -0.15) is 0 Å². The molecule has 0 unspecified atom stereocenters. The van der Waals surface area contributed by atoms with Crippen molar-refractivity contribution in [3.05, 3.63) is 64.1 Å². The van der Waals surface area contributed by atoms with Crippen molar-refractivity contribution < 1.29 is 4.74 Å². The van der Waals surface area contributed by atoms with E-state index >= 15 is 0 Å². The minimum Gasteiger partial charge on any atom is -0.494 e. The quantitative estimate of drug-likeness (QED) is 0.833. The van der Waals surface area contributed by atoms with Crippen molar-refractivity contribution >= 4 is 29.4 Å². The monoisotopic (exact) mass is 314 g/mol. The fourth-order valence-corrected chi connectivity index (χ4v) is 2.10. The van der Waals surface area contributed by atoms with Crippen molar-refractivity contribution in [2.75, 3.05) is 6.61 Å². The average Bonchev–Trinajstić information content (AvgIpc) is 2.49. The lowest BCUT2D eigenvalue weighted by molar-refractivity contribution is 0.340. The van der Waals surface area contributed by atoms with Gasteiger partial charge in [0.15, 0.2) is 0 Å². The van der Waals surface area contributed by atoms with E-state index < -0.39 is 0 Å². The number of nitrogens with two attached hydrogens (primary N) is 1. The summed E-state index contributed by atoms with van der Waals surface area (Å²) in [6.45, 7) is 2.86. The Bertz CT molecular complexity index is 733. The van der Waals surface area contributed by atoms with Crippen molar-refractivity contribution in [1.29, 1.82) is 0 Å². The van der Waals surface area contributed by atoms with E-state index in [4.69, 9.17) is 22.7 Å². The van der Waals surface area contributed by atoms with E-state index in [0.29, 0.717) is 11.6 Å². The van der Waals surface area contributed by atoms with Gasteiger partial charge in [-0.1, -0.05) is 36.5 Å². The molecule has 2 N–H and O–H groups in total. The van der Waals surface area contributed by atoms with Gasteiger partial charge in [0.1, 0.15) is 5.75 Å². The summed E-state index contributed by atoms with van der Waals surface area (Å²) < 4.78 is 6.88. The molecule has 0 aliphatic heterocycles. The molecule has 1 aromatic carbocycles. The first-order chi connectivity index (χ1) is 10.6. The number of hydrogen-bond acceptors (Lipinski definition) is 3. The molecule has 1 aromatic heterocycles. The fraction of sp³-hybridized carbons (Fsp3) is 0.176. The molecule has 0 radical (unpaired) electrons. The average molecular weight is 314 g/mol. The van der Waals surface area contributed by atoms with Crippen LogP contribution in [0.5, 0.6) is 5.75 Å². The zero-order valence-electron chi connectivity index (χ0n) is 12.4. The normalized spacial score (nSPS) is 10.8. The van der Waals surface area contributed by atoms with Crippen LogP contribution in [0.1, 0.15) is 18.1 Å². The Morgan fingerprint density at radius 3 is 2.50 bits per heavy atom. The highest BCUT2D eigenvalue weighted by atomic mass is 32.1. The summed E-state index contributed by atoms with van der Waals surface area (Å²) in [7, 11) is 0. The molecule has 0 amide bonds. The Labute approximate surface area is 134 Å². The molecule has 0 fully saturated rings. The second kappa shape index (κ2) is 7.56. The predicted molar refractivity (Wildman–Crippen MR) is 94.0 cm³/mol. The maximum atomic E-state index is 11.9. The van der Waals surface area contributed by atoms with Crippen molar-refractivity contribution in [3.63, 3.8) is 0 Å². The molecule has 0 aliphatic carbocycles. The van der Waals surface area contributed by atoms with Crippen molar-refractivity contribution in [1.82, 2.24) is 4.57 Å². The first kappa shape index (κ1) is 16.0. The lowest BCUT2D eigenvalue weighted by Gasteiger charge is -2.04. The highest BCUT2D eigenvalue weighted by molar-refractivity contribution is 7.80. The molecule has 2 rings (SSSR count). The third-order valence-electron chi connectivity index (χ3n) is 3.01. The van der Waals surface area contributed by atoms with E-state index in [-0.39, 0.29) is 12.1 Å². The Kier molecular flexibility index (Phi) is 5.49. The zero-order valence-corrected chi connectivity index (χ0v) is 13.2. The summed E-state index contributed by atoms with van der Waals surface area (Å²) in [6.07, 6.45) is 5.53. The lowest BCUT2D eigenvalue weighted by Crippen LogP contribution is -2.25. The first-order valence-corrected chi connectivity index (χ1v) is 7.39.